The topological polar surface area (TPSA) is 68.0 Å². The number of carbonyl (C=O) groups excluding carboxylic acids is 1. The van der Waals surface area contributed by atoms with E-state index in [1.165, 1.54) is 0 Å². The number of anilines is 1. The number of fused-ring (bicyclic) bond motifs is 1. The van der Waals surface area contributed by atoms with E-state index in [2.05, 4.69) is 10.3 Å². The number of unbranched alkanes of at least 4 members (excludes halogenated alkanes) is 3. The maximum absolute atomic E-state index is 12.0. The van der Waals surface area contributed by atoms with Gasteiger partial charge in [0.2, 0.25) is 5.91 Å². The summed E-state index contributed by atoms with van der Waals surface area (Å²) in [4.78, 5) is 16.2. The number of aromatic nitrogens is 1. The van der Waals surface area contributed by atoms with Crippen molar-refractivity contribution >= 4 is 34.1 Å². The van der Waals surface area contributed by atoms with Crippen molar-refractivity contribution in [1.29, 1.82) is 0 Å². The lowest BCUT2D eigenvalue weighted by molar-refractivity contribution is -0.116. The zero-order valence-electron chi connectivity index (χ0n) is 11.9. The van der Waals surface area contributed by atoms with Crippen molar-refractivity contribution < 1.29 is 4.79 Å². The van der Waals surface area contributed by atoms with Crippen molar-refractivity contribution in [1.82, 2.24) is 4.98 Å². The molecule has 1 amide bonds. The molecule has 0 spiro atoms. The molecule has 0 saturated carbocycles. The van der Waals surface area contributed by atoms with Crippen LogP contribution in [0, 0.1) is 0 Å². The van der Waals surface area contributed by atoms with E-state index in [0.29, 0.717) is 17.0 Å². The fraction of sp³-hybridized carbons (Fsp3) is 0.375. The number of hydrogen-bond acceptors (Lipinski definition) is 3. The van der Waals surface area contributed by atoms with Gasteiger partial charge in [0.25, 0.3) is 0 Å². The van der Waals surface area contributed by atoms with Crippen molar-refractivity contribution in [3.63, 3.8) is 0 Å². The van der Waals surface area contributed by atoms with Crippen molar-refractivity contribution in [2.45, 2.75) is 32.1 Å². The second kappa shape index (κ2) is 7.96. The van der Waals surface area contributed by atoms with Crippen LogP contribution < -0.4 is 11.1 Å². The molecule has 4 nitrogen and oxygen atoms in total. The first-order chi connectivity index (χ1) is 10.2. The first-order valence-electron chi connectivity index (χ1n) is 7.25. The van der Waals surface area contributed by atoms with E-state index in [9.17, 15) is 4.79 Å². The van der Waals surface area contributed by atoms with Gasteiger partial charge in [0, 0.05) is 18.0 Å². The molecular formula is C16H20ClN3O. The molecule has 0 aliphatic carbocycles. The molecule has 3 N–H and O–H groups in total. The number of nitrogens with one attached hydrogen (secondary N) is 1. The largest absolute Gasteiger partial charge is 0.330 e. The van der Waals surface area contributed by atoms with Gasteiger partial charge in [0.15, 0.2) is 0 Å². The molecule has 5 heteroatoms. The normalized spacial score (nSPS) is 10.8. The molecule has 0 bridgehead atoms. The Labute approximate surface area is 129 Å². The van der Waals surface area contributed by atoms with E-state index in [4.69, 9.17) is 17.3 Å². The number of pyridine rings is 1. The van der Waals surface area contributed by atoms with Gasteiger partial charge in [-0.3, -0.25) is 9.78 Å². The zero-order valence-corrected chi connectivity index (χ0v) is 12.7. The van der Waals surface area contributed by atoms with Crippen molar-refractivity contribution in [2.75, 3.05) is 11.9 Å². The molecule has 0 aliphatic heterocycles. The molecule has 0 unspecified atom stereocenters. The third-order valence-corrected chi connectivity index (χ3v) is 3.66. The molecule has 0 saturated heterocycles. The van der Waals surface area contributed by atoms with Crippen LogP contribution in [0.5, 0.6) is 0 Å². The summed E-state index contributed by atoms with van der Waals surface area (Å²) in [7, 11) is 0. The maximum Gasteiger partial charge on any atom is 0.224 e. The number of halogens is 1. The molecule has 0 aliphatic rings. The Morgan fingerprint density at radius 1 is 1.19 bits per heavy atom. The summed E-state index contributed by atoms with van der Waals surface area (Å²) in [6.07, 6.45) is 6.24. The SMILES string of the molecule is NCCCCCCC(=O)Nc1ccc(Cl)c2ncccc12. The Morgan fingerprint density at radius 3 is 2.81 bits per heavy atom. The van der Waals surface area contributed by atoms with Crippen LogP contribution in [-0.4, -0.2) is 17.4 Å². The van der Waals surface area contributed by atoms with Gasteiger partial charge in [-0.05, 0) is 43.7 Å². The van der Waals surface area contributed by atoms with Crippen molar-refractivity contribution in [3.8, 4) is 0 Å². The third kappa shape index (κ3) is 4.41. The van der Waals surface area contributed by atoms with Gasteiger partial charge in [0.05, 0.1) is 16.2 Å². The molecule has 112 valence electrons. The molecule has 0 fully saturated rings. The third-order valence-electron chi connectivity index (χ3n) is 3.35. The van der Waals surface area contributed by atoms with Gasteiger partial charge in [-0.25, -0.2) is 0 Å². The predicted molar refractivity (Wildman–Crippen MR) is 87.5 cm³/mol. The molecular weight excluding hydrogens is 286 g/mol. The standard InChI is InChI=1S/C16H20ClN3O/c17-13-8-9-14(12-6-5-11-19-16(12)13)20-15(21)7-3-1-2-4-10-18/h5-6,8-9,11H,1-4,7,10,18H2,(H,20,21). The van der Waals surface area contributed by atoms with Crippen LogP contribution in [0.25, 0.3) is 10.9 Å². The highest BCUT2D eigenvalue weighted by Gasteiger charge is 2.08. The van der Waals surface area contributed by atoms with Crippen molar-refractivity contribution in [3.05, 3.63) is 35.5 Å². The Balaban J connectivity index is 1.97. The molecule has 2 rings (SSSR count). The van der Waals surface area contributed by atoms with Gasteiger partial charge in [-0.1, -0.05) is 24.4 Å². The average Bonchev–Trinajstić information content (AvgIpc) is 2.50. The molecule has 1 aromatic carbocycles. The molecule has 1 aromatic heterocycles. The molecule has 21 heavy (non-hydrogen) atoms. The highest BCUT2D eigenvalue weighted by atomic mass is 35.5. The lowest BCUT2D eigenvalue weighted by atomic mass is 10.1. The van der Waals surface area contributed by atoms with E-state index in [1.54, 1.807) is 12.3 Å². The second-order valence-corrected chi connectivity index (χ2v) is 5.40. The lowest BCUT2D eigenvalue weighted by Crippen LogP contribution is -2.11. The van der Waals surface area contributed by atoms with E-state index < -0.39 is 0 Å². The van der Waals surface area contributed by atoms with Crippen molar-refractivity contribution in [2.24, 2.45) is 5.73 Å². The fourth-order valence-corrected chi connectivity index (χ4v) is 2.46. The predicted octanol–water partition coefficient (Wildman–Crippen LogP) is 3.74. The Morgan fingerprint density at radius 2 is 2.00 bits per heavy atom. The number of nitrogens with zero attached hydrogens (tertiary/aromatic N) is 1. The van der Waals surface area contributed by atoms with Crippen LogP contribution in [0.4, 0.5) is 5.69 Å². The quantitative estimate of drug-likeness (QED) is 0.766. The molecule has 2 aromatic rings. The summed E-state index contributed by atoms with van der Waals surface area (Å²) in [6, 6.07) is 7.32. The first kappa shape index (κ1) is 15.7. The summed E-state index contributed by atoms with van der Waals surface area (Å²) in [5.41, 5.74) is 6.91. The monoisotopic (exact) mass is 305 g/mol. The molecule has 0 atom stereocenters. The number of benzene rings is 1. The van der Waals surface area contributed by atoms with Crippen LogP contribution in [0.1, 0.15) is 32.1 Å². The molecule has 1 heterocycles. The summed E-state index contributed by atoms with van der Waals surface area (Å²) in [6.45, 7) is 0.718. The van der Waals surface area contributed by atoms with E-state index >= 15 is 0 Å². The minimum absolute atomic E-state index is 0.0234. The number of rotatable bonds is 7. The van der Waals surface area contributed by atoms with Crippen LogP contribution in [0.15, 0.2) is 30.5 Å². The number of amides is 1. The minimum Gasteiger partial charge on any atom is -0.330 e. The van der Waals surface area contributed by atoms with Crippen LogP contribution in [-0.2, 0) is 4.79 Å². The molecule has 0 radical (unpaired) electrons. The van der Waals surface area contributed by atoms with Crippen LogP contribution in [0.3, 0.4) is 0 Å². The number of carbonyl (C=O) groups is 1. The van der Waals surface area contributed by atoms with Gasteiger partial charge in [-0.2, -0.15) is 0 Å². The summed E-state index contributed by atoms with van der Waals surface area (Å²) in [5.74, 6) is 0.0234. The fourth-order valence-electron chi connectivity index (χ4n) is 2.24. The Kier molecular flexibility index (Phi) is 5.96. The highest BCUT2D eigenvalue weighted by Crippen LogP contribution is 2.28. The maximum atomic E-state index is 12.0. The minimum atomic E-state index is 0.0234. The van der Waals surface area contributed by atoms with E-state index in [1.807, 2.05) is 18.2 Å². The smallest absolute Gasteiger partial charge is 0.224 e. The Hall–Kier alpha value is -1.65. The van der Waals surface area contributed by atoms with Gasteiger partial charge in [0.1, 0.15) is 0 Å². The zero-order chi connectivity index (χ0) is 15.1. The van der Waals surface area contributed by atoms with Gasteiger partial charge < -0.3 is 11.1 Å². The highest BCUT2D eigenvalue weighted by molar-refractivity contribution is 6.35. The van der Waals surface area contributed by atoms with Gasteiger partial charge in [-0.15, -0.1) is 0 Å². The Bertz CT molecular complexity index is 615. The van der Waals surface area contributed by atoms with E-state index in [-0.39, 0.29) is 5.91 Å². The van der Waals surface area contributed by atoms with Gasteiger partial charge >= 0.3 is 0 Å². The second-order valence-electron chi connectivity index (χ2n) is 5.00. The van der Waals surface area contributed by atoms with Crippen LogP contribution in [0.2, 0.25) is 5.02 Å². The number of nitrogens with two attached hydrogens (primary N) is 1. The van der Waals surface area contributed by atoms with Crippen LogP contribution >= 0.6 is 11.6 Å². The summed E-state index contributed by atoms with van der Waals surface area (Å²) < 4.78 is 0. The first-order valence-corrected chi connectivity index (χ1v) is 7.63. The summed E-state index contributed by atoms with van der Waals surface area (Å²) in [5, 5.41) is 4.39. The van der Waals surface area contributed by atoms with E-state index in [0.717, 1.165) is 43.3 Å². The average molecular weight is 306 g/mol. The number of hydrogen-bond donors (Lipinski definition) is 2. The summed E-state index contributed by atoms with van der Waals surface area (Å²) >= 11 is 6.11. The lowest BCUT2D eigenvalue weighted by Gasteiger charge is -2.09.